The first-order chi connectivity index (χ1) is 18.0. The van der Waals surface area contributed by atoms with Gasteiger partial charge in [-0.25, -0.2) is 4.39 Å². The van der Waals surface area contributed by atoms with Crippen molar-refractivity contribution in [1.82, 2.24) is 9.80 Å². The summed E-state index contributed by atoms with van der Waals surface area (Å²) in [5.74, 6) is 1.48. The molecule has 4 nitrogen and oxygen atoms in total. The van der Waals surface area contributed by atoms with Gasteiger partial charge in [-0.3, -0.25) is 14.6 Å². The van der Waals surface area contributed by atoms with Gasteiger partial charge in [-0.1, -0.05) is 36.4 Å². The zero-order valence-electron chi connectivity index (χ0n) is 21.8. The molecular formula is C32H37FN2O2. The van der Waals surface area contributed by atoms with Crippen LogP contribution >= 0.6 is 0 Å². The summed E-state index contributed by atoms with van der Waals surface area (Å²) in [6.07, 6.45) is 3.88. The number of carbonyl (C=O) groups is 1. The van der Waals surface area contributed by atoms with E-state index in [0.29, 0.717) is 25.5 Å². The average molecular weight is 501 g/mol. The van der Waals surface area contributed by atoms with E-state index in [4.69, 9.17) is 4.74 Å². The van der Waals surface area contributed by atoms with Crippen LogP contribution in [0.15, 0.2) is 66.7 Å². The molecule has 0 aliphatic carbocycles. The third-order valence-electron chi connectivity index (χ3n) is 7.90. The van der Waals surface area contributed by atoms with Crippen molar-refractivity contribution in [3.05, 3.63) is 100 Å². The summed E-state index contributed by atoms with van der Waals surface area (Å²) >= 11 is 0. The molecule has 194 valence electrons. The fraction of sp³-hybridized carbons (Fsp3) is 0.406. The minimum absolute atomic E-state index is 0.218. The topological polar surface area (TPSA) is 32.8 Å². The molecule has 0 atom stereocenters. The molecule has 2 aliphatic rings. The summed E-state index contributed by atoms with van der Waals surface area (Å²) in [7, 11) is 0. The molecule has 0 amide bonds. The Balaban J connectivity index is 1.12. The van der Waals surface area contributed by atoms with E-state index in [1.807, 2.05) is 30.3 Å². The number of carbonyl (C=O) groups excluding carboxylic acids is 1. The van der Waals surface area contributed by atoms with Crippen molar-refractivity contribution in [1.29, 1.82) is 0 Å². The number of hydrogen-bond donors (Lipinski definition) is 0. The van der Waals surface area contributed by atoms with E-state index in [0.717, 1.165) is 74.4 Å². The summed E-state index contributed by atoms with van der Waals surface area (Å²) < 4.78 is 19.2. The normalized spacial score (nSPS) is 17.1. The Hall–Kier alpha value is -3.02. The highest BCUT2D eigenvalue weighted by molar-refractivity contribution is 5.96. The van der Waals surface area contributed by atoms with Gasteiger partial charge in [-0.15, -0.1) is 0 Å². The third-order valence-corrected chi connectivity index (χ3v) is 7.90. The van der Waals surface area contributed by atoms with Crippen LogP contribution in [0.4, 0.5) is 4.39 Å². The number of aryl methyl sites for hydroxylation is 1. The van der Waals surface area contributed by atoms with E-state index in [-0.39, 0.29) is 11.6 Å². The Kier molecular flexibility index (Phi) is 8.32. The molecule has 5 heteroatoms. The van der Waals surface area contributed by atoms with Gasteiger partial charge >= 0.3 is 0 Å². The van der Waals surface area contributed by atoms with E-state index in [1.54, 1.807) is 0 Å². The van der Waals surface area contributed by atoms with Crippen molar-refractivity contribution in [2.24, 2.45) is 5.92 Å². The molecule has 0 radical (unpaired) electrons. The summed E-state index contributed by atoms with van der Waals surface area (Å²) in [6.45, 7) is 8.25. The van der Waals surface area contributed by atoms with Crippen molar-refractivity contribution in [3.8, 4) is 5.75 Å². The maximum absolute atomic E-state index is 13.3. The van der Waals surface area contributed by atoms with Crippen LogP contribution in [0.3, 0.4) is 0 Å². The quantitative estimate of drug-likeness (QED) is 0.335. The lowest BCUT2D eigenvalue weighted by molar-refractivity contribution is 0.0961. The smallest absolute Gasteiger partial charge is 0.162 e. The second-order valence-electron chi connectivity index (χ2n) is 10.6. The Morgan fingerprint density at radius 3 is 2.51 bits per heavy atom. The molecule has 2 aliphatic heterocycles. The van der Waals surface area contributed by atoms with E-state index in [2.05, 4.69) is 41.0 Å². The lowest BCUT2D eigenvalue weighted by atomic mass is 9.90. The molecule has 0 saturated carbocycles. The molecule has 37 heavy (non-hydrogen) atoms. The minimum atomic E-state index is -0.218. The molecule has 0 spiro atoms. The Bertz CT molecular complexity index is 1200. The molecule has 0 aromatic heterocycles. The van der Waals surface area contributed by atoms with Gasteiger partial charge in [0.25, 0.3) is 0 Å². The molecular weight excluding hydrogens is 463 g/mol. The van der Waals surface area contributed by atoms with Crippen LogP contribution in [0.25, 0.3) is 0 Å². The lowest BCUT2D eigenvalue weighted by Gasteiger charge is -2.32. The van der Waals surface area contributed by atoms with Gasteiger partial charge in [0.2, 0.25) is 0 Å². The van der Waals surface area contributed by atoms with Crippen molar-refractivity contribution >= 4 is 5.78 Å². The lowest BCUT2D eigenvalue weighted by Crippen LogP contribution is -2.33. The van der Waals surface area contributed by atoms with Crippen molar-refractivity contribution < 1.29 is 13.9 Å². The molecule has 0 N–H and O–H groups in total. The molecule has 1 saturated heterocycles. The van der Waals surface area contributed by atoms with Gasteiger partial charge in [0, 0.05) is 43.7 Å². The van der Waals surface area contributed by atoms with Gasteiger partial charge in [0.15, 0.2) is 5.78 Å². The Morgan fingerprint density at radius 2 is 1.73 bits per heavy atom. The fourth-order valence-electron chi connectivity index (χ4n) is 5.55. The summed E-state index contributed by atoms with van der Waals surface area (Å²) in [5.41, 5.74) is 5.68. The largest absolute Gasteiger partial charge is 0.492 e. The number of rotatable bonds is 8. The highest BCUT2D eigenvalue weighted by Crippen LogP contribution is 2.28. The molecule has 0 bridgehead atoms. The van der Waals surface area contributed by atoms with Crippen molar-refractivity contribution in [2.45, 2.75) is 52.2 Å². The standard InChI is InChI=1S/C32H37FN2O2/c1-24-4-2-3-5-28(24)22-34-16-14-25(15-17-34)8-12-31(36)27-9-13-32-29(20-27)23-35(18-19-37-32)21-26-6-10-30(33)11-7-26/h2-7,9-11,13,20,25H,8,12,14-19,21-23H2,1H3. The van der Waals surface area contributed by atoms with Crippen molar-refractivity contribution in [3.63, 3.8) is 0 Å². The second-order valence-corrected chi connectivity index (χ2v) is 10.6. The number of piperidine rings is 1. The molecule has 3 aromatic carbocycles. The highest BCUT2D eigenvalue weighted by Gasteiger charge is 2.22. The van der Waals surface area contributed by atoms with Crippen LogP contribution in [0.2, 0.25) is 0 Å². The number of hydrogen-bond acceptors (Lipinski definition) is 4. The number of halogens is 1. The zero-order valence-corrected chi connectivity index (χ0v) is 21.8. The Labute approximate surface area is 220 Å². The zero-order chi connectivity index (χ0) is 25.6. The van der Waals surface area contributed by atoms with Crippen molar-refractivity contribution in [2.75, 3.05) is 26.2 Å². The molecule has 0 unspecified atom stereocenters. The van der Waals surface area contributed by atoms with Gasteiger partial charge in [0.1, 0.15) is 18.2 Å². The van der Waals surface area contributed by atoms with Crippen LogP contribution in [0, 0.1) is 18.7 Å². The number of nitrogens with zero attached hydrogens (tertiary/aromatic N) is 2. The summed E-state index contributed by atoms with van der Waals surface area (Å²) in [4.78, 5) is 17.9. The van der Waals surface area contributed by atoms with E-state index >= 15 is 0 Å². The van der Waals surface area contributed by atoms with Gasteiger partial charge in [-0.2, -0.15) is 0 Å². The highest BCUT2D eigenvalue weighted by atomic mass is 19.1. The van der Waals surface area contributed by atoms with Crippen LogP contribution < -0.4 is 4.74 Å². The predicted octanol–water partition coefficient (Wildman–Crippen LogP) is 6.40. The van der Waals surface area contributed by atoms with Crippen LogP contribution in [0.1, 0.15) is 58.3 Å². The molecule has 1 fully saturated rings. The first-order valence-electron chi connectivity index (χ1n) is 13.6. The van der Waals surface area contributed by atoms with E-state index in [1.165, 1.54) is 23.3 Å². The monoisotopic (exact) mass is 500 g/mol. The fourth-order valence-corrected chi connectivity index (χ4v) is 5.55. The van der Waals surface area contributed by atoms with Crippen LogP contribution in [-0.2, 0) is 19.6 Å². The summed E-state index contributed by atoms with van der Waals surface area (Å²) in [5, 5.41) is 0. The second kappa shape index (κ2) is 12.0. The average Bonchev–Trinajstić information content (AvgIpc) is 3.12. The van der Waals surface area contributed by atoms with Gasteiger partial charge in [-0.05, 0) is 92.2 Å². The van der Waals surface area contributed by atoms with E-state index in [9.17, 15) is 9.18 Å². The first-order valence-corrected chi connectivity index (χ1v) is 13.6. The number of fused-ring (bicyclic) bond motifs is 1. The molecule has 2 heterocycles. The predicted molar refractivity (Wildman–Crippen MR) is 145 cm³/mol. The number of ketones is 1. The van der Waals surface area contributed by atoms with Crippen LogP contribution in [0.5, 0.6) is 5.75 Å². The SMILES string of the molecule is Cc1ccccc1CN1CCC(CCC(=O)c2ccc3c(c2)CN(Cc2ccc(F)cc2)CCO3)CC1. The first kappa shape index (κ1) is 25.6. The Morgan fingerprint density at radius 1 is 0.946 bits per heavy atom. The maximum Gasteiger partial charge on any atom is 0.162 e. The third kappa shape index (κ3) is 6.85. The summed E-state index contributed by atoms with van der Waals surface area (Å²) in [6, 6.07) is 21.2. The minimum Gasteiger partial charge on any atom is -0.492 e. The molecule has 3 aromatic rings. The number of ether oxygens (including phenoxy) is 1. The number of Topliss-reactive ketones (excluding diaryl/α,β-unsaturated/α-hetero) is 1. The van der Waals surface area contributed by atoms with Gasteiger partial charge < -0.3 is 4.74 Å². The molecule has 5 rings (SSSR count). The number of benzene rings is 3. The van der Waals surface area contributed by atoms with Crippen LogP contribution in [-0.4, -0.2) is 41.8 Å². The number of likely N-dealkylation sites (tertiary alicyclic amines) is 1. The maximum atomic E-state index is 13.3. The van der Waals surface area contributed by atoms with E-state index < -0.39 is 0 Å². The van der Waals surface area contributed by atoms with Gasteiger partial charge in [0.05, 0.1) is 0 Å².